The summed E-state index contributed by atoms with van der Waals surface area (Å²) in [6.45, 7) is 5.36. The molecule has 170 valence electrons. The minimum atomic E-state index is -0.244. The number of halogens is 1. The number of benzene rings is 2. The van der Waals surface area contributed by atoms with Crippen LogP contribution in [0.2, 0.25) is 5.02 Å². The van der Waals surface area contributed by atoms with Gasteiger partial charge in [0.25, 0.3) is 11.8 Å². The molecule has 0 saturated carbocycles. The van der Waals surface area contributed by atoms with Crippen LogP contribution >= 0.6 is 11.6 Å². The highest BCUT2D eigenvalue weighted by atomic mass is 35.5. The van der Waals surface area contributed by atoms with Gasteiger partial charge in [0, 0.05) is 48.2 Å². The Bertz CT molecular complexity index is 949. The average molecular weight is 456 g/mol. The Morgan fingerprint density at radius 1 is 1.06 bits per heavy atom. The van der Waals surface area contributed by atoms with Crippen molar-refractivity contribution in [3.8, 4) is 0 Å². The standard InChI is InChI=1S/C25H30ClN3O3/c1-17-10-12-29(13-11-17)23-9-8-20(28-24(30)18-4-6-19(26)7-5-18)15-22(23)25(31)27-16-21-3-2-14-32-21/h4-9,15,17,21H,2-3,10-14,16H2,1H3,(H,27,31)(H,28,30). The molecule has 0 aliphatic carbocycles. The van der Waals surface area contributed by atoms with Crippen molar-refractivity contribution in [2.75, 3.05) is 36.5 Å². The van der Waals surface area contributed by atoms with Gasteiger partial charge in [-0.25, -0.2) is 0 Å². The minimum absolute atomic E-state index is 0.0750. The highest BCUT2D eigenvalue weighted by Gasteiger charge is 2.23. The number of piperidine rings is 1. The van der Waals surface area contributed by atoms with Crippen LogP contribution in [0.25, 0.3) is 0 Å². The maximum absolute atomic E-state index is 13.2. The van der Waals surface area contributed by atoms with E-state index in [1.807, 2.05) is 12.1 Å². The van der Waals surface area contributed by atoms with Gasteiger partial charge in [0.1, 0.15) is 0 Å². The van der Waals surface area contributed by atoms with E-state index < -0.39 is 0 Å². The number of nitrogens with zero attached hydrogens (tertiary/aromatic N) is 1. The first-order chi connectivity index (χ1) is 15.5. The molecule has 6 nitrogen and oxygen atoms in total. The van der Waals surface area contributed by atoms with E-state index in [4.69, 9.17) is 16.3 Å². The summed E-state index contributed by atoms with van der Waals surface area (Å²) in [7, 11) is 0. The number of hydrogen-bond donors (Lipinski definition) is 2. The first kappa shape index (κ1) is 22.6. The second-order valence-corrected chi connectivity index (χ2v) is 9.14. The van der Waals surface area contributed by atoms with Crippen LogP contribution in [-0.4, -0.2) is 44.2 Å². The fourth-order valence-corrected chi connectivity index (χ4v) is 4.36. The van der Waals surface area contributed by atoms with Gasteiger partial charge in [-0.3, -0.25) is 9.59 Å². The zero-order valence-electron chi connectivity index (χ0n) is 18.4. The van der Waals surface area contributed by atoms with Gasteiger partial charge in [0.05, 0.1) is 11.7 Å². The molecule has 2 aliphatic rings. The fourth-order valence-electron chi connectivity index (χ4n) is 4.23. The molecule has 0 radical (unpaired) electrons. The van der Waals surface area contributed by atoms with Gasteiger partial charge in [-0.1, -0.05) is 18.5 Å². The third-order valence-corrected chi connectivity index (χ3v) is 6.50. The molecule has 2 heterocycles. The molecule has 0 aromatic heterocycles. The van der Waals surface area contributed by atoms with Gasteiger partial charge in [0.2, 0.25) is 0 Å². The molecule has 2 N–H and O–H groups in total. The van der Waals surface area contributed by atoms with Crippen LogP contribution < -0.4 is 15.5 Å². The number of carbonyl (C=O) groups is 2. The van der Waals surface area contributed by atoms with Gasteiger partial charge >= 0.3 is 0 Å². The van der Waals surface area contributed by atoms with Gasteiger partial charge in [-0.2, -0.15) is 0 Å². The molecule has 4 rings (SSSR count). The highest BCUT2D eigenvalue weighted by Crippen LogP contribution is 2.29. The third-order valence-electron chi connectivity index (χ3n) is 6.24. The predicted molar refractivity (Wildman–Crippen MR) is 128 cm³/mol. The molecule has 2 amide bonds. The smallest absolute Gasteiger partial charge is 0.255 e. The average Bonchev–Trinajstić information content (AvgIpc) is 3.32. The van der Waals surface area contributed by atoms with E-state index >= 15 is 0 Å². The summed E-state index contributed by atoms with van der Waals surface area (Å²) >= 11 is 5.92. The van der Waals surface area contributed by atoms with Crippen LogP contribution in [0.15, 0.2) is 42.5 Å². The van der Waals surface area contributed by atoms with E-state index in [9.17, 15) is 9.59 Å². The van der Waals surface area contributed by atoms with Crippen molar-refractivity contribution in [1.29, 1.82) is 0 Å². The van der Waals surface area contributed by atoms with E-state index in [1.54, 1.807) is 30.3 Å². The first-order valence-electron chi connectivity index (χ1n) is 11.4. The van der Waals surface area contributed by atoms with Gasteiger partial charge in [-0.15, -0.1) is 0 Å². The quantitative estimate of drug-likeness (QED) is 0.660. The number of carbonyl (C=O) groups excluding carboxylic acids is 2. The molecule has 2 saturated heterocycles. The summed E-state index contributed by atoms with van der Waals surface area (Å²) in [5.41, 5.74) is 2.58. The first-order valence-corrected chi connectivity index (χ1v) is 11.7. The van der Waals surface area contributed by atoms with E-state index in [2.05, 4.69) is 22.5 Å². The van der Waals surface area contributed by atoms with Crippen molar-refractivity contribution in [2.24, 2.45) is 5.92 Å². The maximum Gasteiger partial charge on any atom is 0.255 e. The van der Waals surface area contributed by atoms with Crippen molar-refractivity contribution in [1.82, 2.24) is 5.32 Å². The van der Waals surface area contributed by atoms with E-state index in [-0.39, 0.29) is 17.9 Å². The molecule has 32 heavy (non-hydrogen) atoms. The molecule has 2 aromatic rings. The van der Waals surface area contributed by atoms with Crippen LogP contribution in [0.4, 0.5) is 11.4 Å². The molecular formula is C25H30ClN3O3. The lowest BCUT2D eigenvalue weighted by Gasteiger charge is -2.33. The largest absolute Gasteiger partial charge is 0.376 e. The van der Waals surface area contributed by atoms with Crippen molar-refractivity contribution in [3.63, 3.8) is 0 Å². The second-order valence-electron chi connectivity index (χ2n) is 8.71. The molecule has 2 aliphatic heterocycles. The van der Waals surface area contributed by atoms with Crippen LogP contribution in [0, 0.1) is 5.92 Å². The molecule has 0 bridgehead atoms. The Hall–Kier alpha value is -2.57. The summed E-state index contributed by atoms with van der Waals surface area (Å²) in [5, 5.41) is 6.51. The molecule has 2 fully saturated rings. The lowest BCUT2D eigenvalue weighted by molar-refractivity contribution is 0.0858. The van der Waals surface area contributed by atoms with Crippen molar-refractivity contribution < 1.29 is 14.3 Å². The lowest BCUT2D eigenvalue weighted by Crippen LogP contribution is -2.36. The Kier molecular flexibility index (Phi) is 7.33. The van der Waals surface area contributed by atoms with Crippen LogP contribution in [0.5, 0.6) is 0 Å². The number of nitrogens with one attached hydrogen (secondary N) is 2. The summed E-state index contributed by atoms with van der Waals surface area (Å²) in [6, 6.07) is 12.3. The molecular weight excluding hydrogens is 426 g/mol. The van der Waals surface area contributed by atoms with Crippen LogP contribution in [-0.2, 0) is 4.74 Å². The molecule has 1 atom stereocenters. The predicted octanol–water partition coefficient (Wildman–Crippen LogP) is 4.74. The normalized spacial score (nSPS) is 19.1. The molecule has 2 aromatic carbocycles. The van der Waals surface area contributed by atoms with E-state index in [0.717, 1.165) is 51.1 Å². The van der Waals surface area contributed by atoms with E-state index in [1.165, 1.54) is 0 Å². The van der Waals surface area contributed by atoms with Crippen molar-refractivity contribution in [2.45, 2.75) is 38.7 Å². The fraction of sp³-hybridized carbons (Fsp3) is 0.440. The topological polar surface area (TPSA) is 70.7 Å². The summed E-state index contributed by atoms with van der Waals surface area (Å²) in [5.74, 6) is 0.310. The Balaban J connectivity index is 1.53. The van der Waals surface area contributed by atoms with Crippen LogP contribution in [0.1, 0.15) is 53.3 Å². The number of hydrogen-bond acceptors (Lipinski definition) is 4. The van der Waals surface area contributed by atoms with Crippen LogP contribution in [0.3, 0.4) is 0 Å². The second kappa shape index (κ2) is 10.4. The Morgan fingerprint density at radius 3 is 2.50 bits per heavy atom. The van der Waals surface area contributed by atoms with Gasteiger partial charge < -0.3 is 20.3 Å². The van der Waals surface area contributed by atoms with Gasteiger partial charge in [0.15, 0.2) is 0 Å². The Morgan fingerprint density at radius 2 is 1.81 bits per heavy atom. The SMILES string of the molecule is CC1CCN(c2ccc(NC(=O)c3ccc(Cl)cc3)cc2C(=O)NCC2CCCO2)CC1. The zero-order valence-corrected chi connectivity index (χ0v) is 19.2. The number of anilines is 2. The minimum Gasteiger partial charge on any atom is -0.376 e. The highest BCUT2D eigenvalue weighted by molar-refractivity contribution is 6.30. The van der Waals surface area contributed by atoms with Crippen molar-refractivity contribution in [3.05, 3.63) is 58.6 Å². The van der Waals surface area contributed by atoms with E-state index in [0.29, 0.717) is 34.3 Å². The van der Waals surface area contributed by atoms with Crippen molar-refractivity contribution >= 4 is 34.8 Å². The lowest BCUT2D eigenvalue weighted by atomic mass is 9.97. The zero-order chi connectivity index (χ0) is 22.5. The molecule has 1 unspecified atom stereocenters. The maximum atomic E-state index is 13.2. The molecule has 0 spiro atoms. The molecule has 7 heteroatoms. The summed E-state index contributed by atoms with van der Waals surface area (Å²) < 4.78 is 5.64. The number of amides is 2. The summed E-state index contributed by atoms with van der Waals surface area (Å²) in [6.07, 6.45) is 4.28. The number of ether oxygens (including phenoxy) is 1. The third kappa shape index (κ3) is 5.61. The Labute approximate surface area is 194 Å². The van der Waals surface area contributed by atoms with Gasteiger partial charge in [-0.05, 0) is 74.1 Å². The monoisotopic (exact) mass is 455 g/mol. The summed E-state index contributed by atoms with van der Waals surface area (Å²) in [4.78, 5) is 28.1. The number of rotatable bonds is 6.